The molecule has 4 rings (SSSR count). The standard InChI is InChI=1S/C25H29N3O2/c1-19-8-10-22(11-9-19)26-25(29)23-18-24(21-6-4-3-5-7-21)28(20(23)2)13-12-27-14-16-30-17-15-27/h3-11,18H,12-17H2,1-2H3,(H,26,29). The molecule has 2 aromatic carbocycles. The van der Waals surface area contributed by atoms with Gasteiger partial charge in [0.05, 0.1) is 18.8 Å². The van der Waals surface area contributed by atoms with E-state index in [4.69, 9.17) is 4.74 Å². The Morgan fingerprint density at radius 3 is 2.37 bits per heavy atom. The van der Waals surface area contributed by atoms with Gasteiger partial charge >= 0.3 is 0 Å². The molecule has 1 aromatic heterocycles. The molecule has 1 aliphatic rings. The highest BCUT2D eigenvalue weighted by molar-refractivity contribution is 6.06. The second kappa shape index (κ2) is 9.28. The molecular weight excluding hydrogens is 374 g/mol. The fourth-order valence-electron chi connectivity index (χ4n) is 3.91. The molecule has 0 spiro atoms. The minimum atomic E-state index is -0.0707. The van der Waals surface area contributed by atoms with Gasteiger partial charge in [-0.3, -0.25) is 9.69 Å². The zero-order chi connectivity index (χ0) is 20.9. The average Bonchev–Trinajstić information content (AvgIpc) is 3.11. The lowest BCUT2D eigenvalue weighted by molar-refractivity contribution is 0.0364. The molecule has 1 N–H and O–H groups in total. The monoisotopic (exact) mass is 403 g/mol. The first-order valence-corrected chi connectivity index (χ1v) is 10.6. The predicted molar refractivity (Wildman–Crippen MR) is 121 cm³/mol. The summed E-state index contributed by atoms with van der Waals surface area (Å²) in [5.41, 5.74) is 5.90. The first-order valence-electron chi connectivity index (χ1n) is 10.6. The third-order valence-electron chi connectivity index (χ3n) is 5.73. The number of amides is 1. The molecule has 2 heterocycles. The van der Waals surface area contributed by atoms with Crippen LogP contribution < -0.4 is 5.32 Å². The number of hydrogen-bond donors (Lipinski definition) is 1. The van der Waals surface area contributed by atoms with Crippen molar-refractivity contribution in [2.75, 3.05) is 38.2 Å². The van der Waals surface area contributed by atoms with E-state index in [0.717, 1.165) is 67.6 Å². The minimum Gasteiger partial charge on any atom is -0.379 e. The van der Waals surface area contributed by atoms with Gasteiger partial charge in [-0.25, -0.2) is 0 Å². The van der Waals surface area contributed by atoms with Crippen molar-refractivity contribution in [3.05, 3.63) is 77.5 Å². The van der Waals surface area contributed by atoms with Crippen LogP contribution in [0.15, 0.2) is 60.7 Å². The first kappa shape index (κ1) is 20.4. The molecule has 0 unspecified atom stereocenters. The maximum Gasteiger partial charge on any atom is 0.257 e. The SMILES string of the molecule is Cc1ccc(NC(=O)c2cc(-c3ccccc3)n(CCN3CCOCC3)c2C)cc1. The van der Waals surface area contributed by atoms with Crippen molar-refractivity contribution >= 4 is 11.6 Å². The van der Waals surface area contributed by atoms with Crippen LogP contribution in [0.2, 0.25) is 0 Å². The molecule has 0 saturated carbocycles. The van der Waals surface area contributed by atoms with E-state index in [0.29, 0.717) is 0 Å². The summed E-state index contributed by atoms with van der Waals surface area (Å²) < 4.78 is 7.74. The number of nitrogens with one attached hydrogen (secondary N) is 1. The van der Waals surface area contributed by atoms with E-state index in [1.165, 1.54) is 5.56 Å². The van der Waals surface area contributed by atoms with Crippen LogP contribution >= 0.6 is 0 Å². The van der Waals surface area contributed by atoms with Gasteiger partial charge in [0, 0.05) is 43.3 Å². The van der Waals surface area contributed by atoms with Crippen molar-refractivity contribution in [3.63, 3.8) is 0 Å². The van der Waals surface area contributed by atoms with Crippen LogP contribution in [-0.4, -0.2) is 48.2 Å². The van der Waals surface area contributed by atoms with Crippen LogP contribution in [-0.2, 0) is 11.3 Å². The Balaban J connectivity index is 1.61. The van der Waals surface area contributed by atoms with Crippen molar-refractivity contribution < 1.29 is 9.53 Å². The number of ether oxygens (including phenoxy) is 1. The molecule has 0 radical (unpaired) electrons. The van der Waals surface area contributed by atoms with E-state index in [1.807, 2.05) is 62.4 Å². The topological polar surface area (TPSA) is 46.5 Å². The quantitative estimate of drug-likeness (QED) is 0.665. The fourth-order valence-corrected chi connectivity index (χ4v) is 3.91. The van der Waals surface area contributed by atoms with E-state index < -0.39 is 0 Å². The van der Waals surface area contributed by atoms with E-state index >= 15 is 0 Å². The second-order valence-electron chi connectivity index (χ2n) is 7.82. The van der Waals surface area contributed by atoms with Gasteiger partial charge in [0.1, 0.15) is 0 Å². The van der Waals surface area contributed by atoms with Crippen molar-refractivity contribution in [3.8, 4) is 11.3 Å². The molecule has 156 valence electrons. The van der Waals surface area contributed by atoms with Crippen LogP contribution in [0.4, 0.5) is 5.69 Å². The lowest BCUT2D eigenvalue weighted by Gasteiger charge is -2.27. The van der Waals surface area contributed by atoms with Gasteiger partial charge in [0.2, 0.25) is 0 Å². The van der Waals surface area contributed by atoms with Crippen molar-refractivity contribution in [1.29, 1.82) is 0 Å². The second-order valence-corrected chi connectivity index (χ2v) is 7.82. The van der Waals surface area contributed by atoms with Crippen LogP contribution in [0.1, 0.15) is 21.6 Å². The molecule has 1 aliphatic heterocycles. The molecule has 5 nitrogen and oxygen atoms in total. The molecule has 1 saturated heterocycles. The summed E-state index contributed by atoms with van der Waals surface area (Å²) in [4.78, 5) is 15.5. The molecular formula is C25H29N3O2. The fraction of sp³-hybridized carbons (Fsp3) is 0.320. The molecule has 0 atom stereocenters. The number of aryl methyl sites for hydroxylation is 1. The van der Waals surface area contributed by atoms with E-state index in [9.17, 15) is 4.79 Å². The van der Waals surface area contributed by atoms with E-state index in [1.54, 1.807) is 0 Å². The van der Waals surface area contributed by atoms with Crippen LogP contribution in [0.3, 0.4) is 0 Å². The summed E-state index contributed by atoms with van der Waals surface area (Å²) in [6.07, 6.45) is 0. The molecule has 30 heavy (non-hydrogen) atoms. The molecule has 0 bridgehead atoms. The highest BCUT2D eigenvalue weighted by Crippen LogP contribution is 2.27. The number of carbonyl (C=O) groups excluding carboxylic acids is 1. The van der Waals surface area contributed by atoms with Gasteiger partial charge in [0.25, 0.3) is 5.91 Å². The molecule has 1 fully saturated rings. The van der Waals surface area contributed by atoms with Gasteiger partial charge in [0.15, 0.2) is 0 Å². The van der Waals surface area contributed by atoms with Gasteiger partial charge in [-0.15, -0.1) is 0 Å². The summed E-state index contributed by atoms with van der Waals surface area (Å²) in [5.74, 6) is -0.0707. The lowest BCUT2D eigenvalue weighted by atomic mass is 10.1. The Bertz CT molecular complexity index is 987. The van der Waals surface area contributed by atoms with Crippen molar-refractivity contribution in [1.82, 2.24) is 9.47 Å². The normalized spacial score (nSPS) is 14.6. The zero-order valence-corrected chi connectivity index (χ0v) is 17.7. The maximum atomic E-state index is 13.1. The number of anilines is 1. The maximum absolute atomic E-state index is 13.1. The molecule has 3 aromatic rings. The highest BCUT2D eigenvalue weighted by atomic mass is 16.5. The smallest absolute Gasteiger partial charge is 0.257 e. The number of aromatic nitrogens is 1. The summed E-state index contributed by atoms with van der Waals surface area (Å²) in [6, 6.07) is 20.2. The predicted octanol–water partition coefficient (Wildman–Crippen LogP) is 4.36. The van der Waals surface area contributed by atoms with Gasteiger partial charge in [-0.2, -0.15) is 0 Å². The Morgan fingerprint density at radius 1 is 0.967 bits per heavy atom. The van der Waals surface area contributed by atoms with Crippen molar-refractivity contribution in [2.24, 2.45) is 0 Å². The summed E-state index contributed by atoms with van der Waals surface area (Å²) in [7, 11) is 0. The van der Waals surface area contributed by atoms with Crippen LogP contribution in [0.5, 0.6) is 0 Å². The summed E-state index contributed by atoms with van der Waals surface area (Å²) in [6.45, 7) is 9.36. The summed E-state index contributed by atoms with van der Waals surface area (Å²) >= 11 is 0. The zero-order valence-electron chi connectivity index (χ0n) is 17.7. The largest absolute Gasteiger partial charge is 0.379 e. The Hall–Kier alpha value is -2.89. The van der Waals surface area contributed by atoms with E-state index in [-0.39, 0.29) is 5.91 Å². The Kier molecular flexibility index (Phi) is 6.31. The van der Waals surface area contributed by atoms with Crippen LogP contribution in [0.25, 0.3) is 11.3 Å². The summed E-state index contributed by atoms with van der Waals surface area (Å²) in [5, 5.41) is 3.04. The number of morpholine rings is 1. The third kappa shape index (κ3) is 4.64. The highest BCUT2D eigenvalue weighted by Gasteiger charge is 2.20. The first-order chi connectivity index (χ1) is 14.6. The number of benzene rings is 2. The molecule has 5 heteroatoms. The molecule has 1 amide bonds. The van der Waals surface area contributed by atoms with Gasteiger partial charge in [-0.1, -0.05) is 48.0 Å². The van der Waals surface area contributed by atoms with Gasteiger partial charge in [-0.05, 0) is 37.6 Å². The Labute approximate surface area is 178 Å². The number of nitrogens with zero attached hydrogens (tertiary/aromatic N) is 2. The number of hydrogen-bond acceptors (Lipinski definition) is 3. The van der Waals surface area contributed by atoms with Crippen molar-refractivity contribution in [2.45, 2.75) is 20.4 Å². The Morgan fingerprint density at radius 2 is 1.67 bits per heavy atom. The number of carbonyl (C=O) groups is 1. The number of rotatable bonds is 6. The van der Waals surface area contributed by atoms with Crippen LogP contribution in [0, 0.1) is 13.8 Å². The molecule has 0 aliphatic carbocycles. The van der Waals surface area contributed by atoms with E-state index in [2.05, 4.69) is 26.9 Å². The third-order valence-corrected chi connectivity index (χ3v) is 5.73. The average molecular weight is 404 g/mol. The lowest BCUT2D eigenvalue weighted by Crippen LogP contribution is -2.38. The van der Waals surface area contributed by atoms with Gasteiger partial charge < -0.3 is 14.6 Å². The minimum absolute atomic E-state index is 0.0707.